The molecule has 0 saturated carbocycles. The number of methoxy groups -OCH3 is 1. The third-order valence-electron chi connectivity index (χ3n) is 5.00. The van der Waals surface area contributed by atoms with Gasteiger partial charge in [0.1, 0.15) is 24.2 Å². The Balaban J connectivity index is 1.47. The minimum absolute atomic E-state index is 0.150. The molecule has 0 aromatic heterocycles. The van der Waals surface area contributed by atoms with E-state index in [1.165, 1.54) is 5.56 Å². The fraction of sp³-hybridized carbons (Fsp3) is 0.308. The maximum absolute atomic E-state index is 10.4. The van der Waals surface area contributed by atoms with E-state index in [4.69, 9.17) is 9.47 Å². The second kappa shape index (κ2) is 10.3. The monoisotopic (exact) mass is 405 g/mol. The summed E-state index contributed by atoms with van der Waals surface area (Å²) in [7, 11) is 1.67. The van der Waals surface area contributed by atoms with Crippen molar-refractivity contribution in [3.05, 3.63) is 84.4 Å². The highest BCUT2D eigenvalue weighted by molar-refractivity contribution is 5.64. The van der Waals surface area contributed by atoms with Crippen molar-refractivity contribution >= 4 is 0 Å². The highest BCUT2D eigenvalue weighted by Crippen LogP contribution is 2.23. The molecule has 0 heterocycles. The van der Waals surface area contributed by atoms with Crippen molar-refractivity contribution in [1.29, 1.82) is 0 Å². The van der Waals surface area contributed by atoms with Crippen molar-refractivity contribution in [1.82, 2.24) is 5.32 Å². The van der Waals surface area contributed by atoms with Crippen molar-refractivity contribution in [3.63, 3.8) is 0 Å². The van der Waals surface area contributed by atoms with Crippen LogP contribution < -0.4 is 14.8 Å². The molecule has 158 valence electrons. The Labute approximate surface area is 179 Å². The molecule has 0 fully saturated rings. The molecule has 4 nitrogen and oxygen atoms in total. The van der Waals surface area contributed by atoms with Crippen molar-refractivity contribution in [2.45, 2.75) is 31.9 Å². The molecule has 0 bridgehead atoms. The molecule has 2 N–H and O–H groups in total. The number of nitrogens with one attached hydrogen (secondary N) is 1. The molecule has 1 unspecified atom stereocenters. The lowest BCUT2D eigenvalue weighted by atomic mass is 9.94. The Kier molecular flexibility index (Phi) is 7.50. The van der Waals surface area contributed by atoms with Crippen LogP contribution in [-0.2, 0) is 6.42 Å². The summed E-state index contributed by atoms with van der Waals surface area (Å²) in [5.41, 5.74) is 3.31. The molecule has 30 heavy (non-hydrogen) atoms. The molecule has 3 rings (SSSR count). The molecule has 1 atom stereocenters. The normalized spacial score (nSPS) is 12.4. The second-order valence-electron chi connectivity index (χ2n) is 8.15. The van der Waals surface area contributed by atoms with Gasteiger partial charge in [0.25, 0.3) is 0 Å². The Morgan fingerprint density at radius 3 is 2.27 bits per heavy atom. The van der Waals surface area contributed by atoms with Gasteiger partial charge in [0.15, 0.2) is 0 Å². The van der Waals surface area contributed by atoms with Gasteiger partial charge in [-0.05, 0) is 61.2 Å². The van der Waals surface area contributed by atoms with Gasteiger partial charge in [-0.2, -0.15) is 0 Å². The Morgan fingerprint density at radius 1 is 0.867 bits per heavy atom. The number of rotatable bonds is 10. The zero-order valence-electron chi connectivity index (χ0n) is 18.0. The molecule has 4 heteroatoms. The van der Waals surface area contributed by atoms with Gasteiger partial charge in [-0.25, -0.2) is 0 Å². The van der Waals surface area contributed by atoms with Crippen LogP contribution in [0.5, 0.6) is 11.5 Å². The highest BCUT2D eigenvalue weighted by Gasteiger charge is 2.19. The lowest BCUT2D eigenvalue weighted by Crippen LogP contribution is -2.46. The van der Waals surface area contributed by atoms with Crippen LogP contribution in [0.2, 0.25) is 0 Å². The van der Waals surface area contributed by atoms with Crippen LogP contribution in [0.15, 0.2) is 78.9 Å². The predicted molar refractivity (Wildman–Crippen MR) is 122 cm³/mol. The van der Waals surface area contributed by atoms with E-state index in [0.29, 0.717) is 6.54 Å². The van der Waals surface area contributed by atoms with E-state index in [0.717, 1.165) is 29.0 Å². The standard InChI is InChI=1S/C26H31NO3/c1-26(2,17-20-12-14-24(29-3)15-13-20)27-18-23(28)19-30-25-11-7-10-22(16-25)21-8-5-4-6-9-21/h4-16,23,27-28H,17-19H2,1-3H3. The summed E-state index contributed by atoms with van der Waals surface area (Å²) < 4.78 is 11.0. The second-order valence-corrected chi connectivity index (χ2v) is 8.15. The van der Waals surface area contributed by atoms with E-state index >= 15 is 0 Å². The summed E-state index contributed by atoms with van der Waals surface area (Å²) in [5, 5.41) is 13.8. The van der Waals surface area contributed by atoms with Gasteiger partial charge >= 0.3 is 0 Å². The number of ether oxygens (including phenoxy) is 2. The quantitative estimate of drug-likeness (QED) is 0.513. The fourth-order valence-corrected chi connectivity index (χ4v) is 3.36. The Morgan fingerprint density at radius 2 is 1.57 bits per heavy atom. The molecule has 0 aliphatic heterocycles. The van der Waals surface area contributed by atoms with E-state index in [2.05, 4.69) is 49.5 Å². The molecule has 3 aromatic rings. The molecular weight excluding hydrogens is 374 g/mol. The first kappa shape index (κ1) is 21.9. The summed E-state index contributed by atoms with van der Waals surface area (Å²) in [5.74, 6) is 1.61. The number of hydrogen-bond donors (Lipinski definition) is 2. The molecule has 0 saturated heterocycles. The largest absolute Gasteiger partial charge is 0.497 e. The number of benzene rings is 3. The average molecular weight is 406 g/mol. The van der Waals surface area contributed by atoms with E-state index < -0.39 is 6.10 Å². The maximum Gasteiger partial charge on any atom is 0.120 e. The minimum atomic E-state index is -0.597. The molecule has 3 aromatic carbocycles. The summed E-state index contributed by atoms with van der Waals surface area (Å²) in [6.45, 7) is 4.97. The van der Waals surface area contributed by atoms with Crippen LogP contribution in [-0.4, -0.2) is 37.0 Å². The van der Waals surface area contributed by atoms with Crippen LogP contribution in [0.25, 0.3) is 11.1 Å². The SMILES string of the molecule is COc1ccc(CC(C)(C)NCC(O)COc2cccc(-c3ccccc3)c2)cc1. The van der Waals surface area contributed by atoms with Gasteiger partial charge in [0.2, 0.25) is 0 Å². The van der Waals surface area contributed by atoms with Crippen LogP contribution >= 0.6 is 0 Å². The van der Waals surface area contributed by atoms with Gasteiger partial charge in [0, 0.05) is 12.1 Å². The molecule has 0 aliphatic rings. The van der Waals surface area contributed by atoms with Gasteiger partial charge in [-0.1, -0.05) is 54.6 Å². The zero-order chi connectivity index (χ0) is 21.4. The smallest absolute Gasteiger partial charge is 0.120 e. The minimum Gasteiger partial charge on any atom is -0.497 e. The highest BCUT2D eigenvalue weighted by atomic mass is 16.5. The van der Waals surface area contributed by atoms with E-state index in [9.17, 15) is 5.11 Å². The summed E-state index contributed by atoms with van der Waals surface area (Å²) in [4.78, 5) is 0. The van der Waals surface area contributed by atoms with Crippen molar-refractivity contribution in [3.8, 4) is 22.6 Å². The zero-order valence-corrected chi connectivity index (χ0v) is 18.0. The molecule has 0 spiro atoms. The fourth-order valence-electron chi connectivity index (χ4n) is 3.36. The molecule has 0 amide bonds. The Hall–Kier alpha value is -2.82. The summed E-state index contributed by atoms with van der Waals surface area (Å²) in [6.07, 6.45) is 0.254. The number of β-amino-alcohol motifs (C(OH)–C–C–N with tert-alkyl or cyclic N) is 1. The van der Waals surface area contributed by atoms with E-state index in [-0.39, 0.29) is 12.1 Å². The van der Waals surface area contributed by atoms with Gasteiger partial charge in [-0.3, -0.25) is 0 Å². The topological polar surface area (TPSA) is 50.7 Å². The summed E-state index contributed by atoms with van der Waals surface area (Å²) in [6, 6.07) is 26.2. The van der Waals surface area contributed by atoms with Crippen molar-refractivity contribution in [2.24, 2.45) is 0 Å². The molecular formula is C26H31NO3. The van der Waals surface area contributed by atoms with Gasteiger partial charge in [0.05, 0.1) is 7.11 Å². The first-order valence-electron chi connectivity index (χ1n) is 10.3. The van der Waals surface area contributed by atoms with Crippen LogP contribution in [0.1, 0.15) is 19.4 Å². The third-order valence-corrected chi connectivity index (χ3v) is 5.00. The van der Waals surface area contributed by atoms with E-state index in [1.54, 1.807) is 7.11 Å². The Bertz CT molecular complexity index is 907. The van der Waals surface area contributed by atoms with Crippen LogP contribution in [0, 0.1) is 0 Å². The summed E-state index contributed by atoms with van der Waals surface area (Å²) >= 11 is 0. The van der Waals surface area contributed by atoms with Crippen molar-refractivity contribution < 1.29 is 14.6 Å². The predicted octanol–water partition coefficient (Wildman–Crippen LogP) is 4.71. The maximum atomic E-state index is 10.4. The third kappa shape index (κ3) is 6.61. The molecule has 0 radical (unpaired) electrons. The molecule has 0 aliphatic carbocycles. The first-order valence-corrected chi connectivity index (χ1v) is 10.3. The van der Waals surface area contributed by atoms with Crippen LogP contribution in [0.4, 0.5) is 0 Å². The lowest BCUT2D eigenvalue weighted by molar-refractivity contribution is 0.0988. The lowest BCUT2D eigenvalue weighted by Gasteiger charge is -2.28. The first-order chi connectivity index (χ1) is 14.4. The van der Waals surface area contributed by atoms with Crippen LogP contribution in [0.3, 0.4) is 0 Å². The average Bonchev–Trinajstić information content (AvgIpc) is 2.77. The number of aliphatic hydroxyl groups is 1. The number of aliphatic hydroxyl groups excluding tert-OH is 1. The van der Waals surface area contributed by atoms with Crippen molar-refractivity contribution in [2.75, 3.05) is 20.3 Å². The van der Waals surface area contributed by atoms with E-state index in [1.807, 2.05) is 48.5 Å². The van der Waals surface area contributed by atoms with Gasteiger partial charge < -0.3 is 19.9 Å². The van der Waals surface area contributed by atoms with Gasteiger partial charge in [-0.15, -0.1) is 0 Å². The number of hydrogen-bond acceptors (Lipinski definition) is 4.